The molecule has 2 heterocycles. The molecule has 0 bridgehead atoms. The molecule has 0 aliphatic heterocycles. The Morgan fingerprint density at radius 3 is 1.86 bits per heavy atom. The molecule has 3 nitrogen and oxygen atoms in total. The minimum atomic E-state index is 0.825. The molecule has 0 unspecified atom stereocenters. The maximum Gasteiger partial charge on any atom is 0.136 e. The smallest absolute Gasteiger partial charge is 0.136 e. The molecular formula is C32H20N2O. The van der Waals surface area contributed by atoms with E-state index in [0.717, 1.165) is 66.5 Å². The fourth-order valence-electron chi connectivity index (χ4n) is 4.80. The molecule has 3 heteroatoms. The van der Waals surface area contributed by atoms with Crippen LogP contribution in [-0.4, -0.2) is 9.97 Å². The standard InChI is InChI=1S/C32H20N2O/c1-3-9-21(10-4-1)26-18-28-29(19-27(26)22-11-5-2-6-12-22)34-30(20-33-28)23-15-16-25-24-13-7-8-14-31(24)35-32(25)17-23/h1-20H. The first kappa shape index (κ1) is 19.7. The fraction of sp³-hybridized carbons (Fsp3) is 0. The summed E-state index contributed by atoms with van der Waals surface area (Å²) in [7, 11) is 0. The van der Waals surface area contributed by atoms with Gasteiger partial charge in [-0.2, -0.15) is 0 Å². The average Bonchev–Trinajstić information content (AvgIpc) is 3.31. The van der Waals surface area contributed by atoms with Crippen molar-refractivity contribution in [1.82, 2.24) is 9.97 Å². The zero-order chi connectivity index (χ0) is 23.2. The van der Waals surface area contributed by atoms with Crippen LogP contribution in [-0.2, 0) is 0 Å². The van der Waals surface area contributed by atoms with Crippen LogP contribution in [0.4, 0.5) is 0 Å². The molecular weight excluding hydrogens is 428 g/mol. The predicted octanol–water partition coefficient (Wildman–Crippen LogP) is 8.53. The molecule has 0 spiro atoms. The summed E-state index contributed by atoms with van der Waals surface area (Å²) in [5.74, 6) is 0. The molecule has 0 atom stereocenters. The van der Waals surface area contributed by atoms with Gasteiger partial charge < -0.3 is 4.42 Å². The van der Waals surface area contributed by atoms with Gasteiger partial charge in [0.15, 0.2) is 0 Å². The second-order valence-electron chi connectivity index (χ2n) is 8.68. The van der Waals surface area contributed by atoms with Crippen molar-refractivity contribution in [2.75, 3.05) is 0 Å². The Bertz CT molecular complexity index is 1840. The molecule has 0 amide bonds. The molecule has 35 heavy (non-hydrogen) atoms. The SMILES string of the molecule is c1ccc(-c2cc3ncc(-c4ccc5c(c4)oc4ccccc45)nc3cc2-c2ccccc2)cc1. The second kappa shape index (κ2) is 7.93. The summed E-state index contributed by atoms with van der Waals surface area (Å²) in [6, 6.07) is 39.6. The van der Waals surface area contributed by atoms with Gasteiger partial charge >= 0.3 is 0 Å². The highest BCUT2D eigenvalue weighted by atomic mass is 16.3. The van der Waals surface area contributed by atoms with Crippen LogP contribution in [0.5, 0.6) is 0 Å². The molecule has 0 aliphatic rings. The number of furan rings is 1. The van der Waals surface area contributed by atoms with Crippen molar-refractivity contribution in [3.05, 3.63) is 121 Å². The Kier molecular flexibility index (Phi) is 4.46. The predicted molar refractivity (Wildman–Crippen MR) is 143 cm³/mol. The van der Waals surface area contributed by atoms with Gasteiger partial charge in [-0.25, -0.2) is 4.98 Å². The van der Waals surface area contributed by atoms with Crippen LogP contribution in [0.3, 0.4) is 0 Å². The molecule has 0 saturated carbocycles. The third-order valence-electron chi connectivity index (χ3n) is 6.53. The molecule has 2 aromatic heterocycles. The van der Waals surface area contributed by atoms with E-state index in [4.69, 9.17) is 14.4 Å². The molecule has 0 aliphatic carbocycles. The third-order valence-corrected chi connectivity index (χ3v) is 6.53. The lowest BCUT2D eigenvalue weighted by Crippen LogP contribution is -1.92. The zero-order valence-electron chi connectivity index (χ0n) is 18.8. The normalized spacial score (nSPS) is 11.4. The second-order valence-corrected chi connectivity index (χ2v) is 8.68. The zero-order valence-corrected chi connectivity index (χ0v) is 18.8. The molecule has 5 aromatic carbocycles. The molecule has 0 fully saturated rings. The molecule has 0 N–H and O–H groups in total. The van der Waals surface area contributed by atoms with Crippen molar-refractivity contribution in [2.45, 2.75) is 0 Å². The van der Waals surface area contributed by atoms with Crippen molar-refractivity contribution in [2.24, 2.45) is 0 Å². The quantitative estimate of drug-likeness (QED) is 0.272. The number of benzene rings is 5. The minimum Gasteiger partial charge on any atom is -0.456 e. The summed E-state index contributed by atoms with van der Waals surface area (Å²) in [6.45, 7) is 0. The number of aromatic nitrogens is 2. The Hall–Kier alpha value is -4.76. The number of rotatable bonds is 3. The molecule has 164 valence electrons. The van der Waals surface area contributed by atoms with Gasteiger partial charge in [-0.05, 0) is 52.6 Å². The summed E-state index contributed by atoms with van der Waals surface area (Å²) < 4.78 is 6.10. The lowest BCUT2D eigenvalue weighted by molar-refractivity contribution is 0.669. The average molecular weight is 449 g/mol. The van der Waals surface area contributed by atoms with Crippen molar-refractivity contribution in [1.29, 1.82) is 0 Å². The lowest BCUT2D eigenvalue weighted by Gasteiger charge is -2.12. The van der Waals surface area contributed by atoms with Gasteiger partial charge in [0.05, 0.1) is 22.9 Å². The molecule has 7 rings (SSSR count). The van der Waals surface area contributed by atoms with E-state index in [1.165, 1.54) is 0 Å². The van der Waals surface area contributed by atoms with Crippen LogP contribution in [0.25, 0.3) is 66.5 Å². The Balaban J connectivity index is 1.40. The molecule has 0 saturated heterocycles. The largest absolute Gasteiger partial charge is 0.456 e. The first-order valence-corrected chi connectivity index (χ1v) is 11.7. The van der Waals surface area contributed by atoms with E-state index in [0.29, 0.717) is 0 Å². The van der Waals surface area contributed by atoms with Gasteiger partial charge in [-0.1, -0.05) is 84.9 Å². The number of hydrogen-bond donors (Lipinski definition) is 0. The van der Waals surface area contributed by atoms with Crippen molar-refractivity contribution < 1.29 is 4.42 Å². The van der Waals surface area contributed by atoms with E-state index in [1.54, 1.807) is 0 Å². The van der Waals surface area contributed by atoms with Gasteiger partial charge in [-0.3, -0.25) is 4.98 Å². The summed E-state index contributed by atoms with van der Waals surface area (Å²) in [5, 5.41) is 2.23. The maximum atomic E-state index is 6.10. The van der Waals surface area contributed by atoms with E-state index in [2.05, 4.69) is 84.9 Å². The van der Waals surface area contributed by atoms with Crippen molar-refractivity contribution in [3.63, 3.8) is 0 Å². The number of nitrogens with zero attached hydrogens (tertiary/aromatic N) is 2. The Morgan fingerprint density at radius 1 is 0.486 bits per heavy atom. The van der Waals surface area contributed by atoms with Gasteiger partial charge in [0.1, 0.15) is 11.2 Å². The van der Waals surface area contributed by atoms with Crippen molar-refractivity contribution in [3.8, 4) is 33.5 Å². The van der Waals surface area contributed by atoms with Crippen molar-refractivity contribution >= 4 is 33.0 Å². The first-order valence-electron chi connectivity index (χ1n) is 11.7. The van der Waals surface area contributed by atoms with Crippen LogP contribution >= 0.6 is 0 Å². The lowest BCUT2D eigenvalue weighted by atomic mass is 9.93. The summed E-state index contributed by atoms with van der Waals surface area (Å²) in [4.78, 5) is 9.83. The van der Waals surface area contributed by atoms with Crippen LogP contribution in [0.1, 0.15) is 0 Å². The minimum absolute atomic E-state index is 0.825. The van der Waals surface area contributed by atoms with E-state index in [9.17, 15) is 0 Å². The van der Waals surface area contributed by atoms with Crippen LogP contribution in [0.15, 0.2) is 126 Å². The fourth-order valence-corrected chi connectivity index (χ4v) is 4.80. The Morgan fingerprint density at radius 2 is 1.11 bits per heavy atom. The summed E-state index contributed by atoms with van der Waals surface area (Å²) in [5.41, 5.74) is 9.91. The summed E-state index contributed by atoms with van der Waals surface area (Å²) >= 11 is 0. The number of hydrogen-bond acceptors (Lipinski definition) is 3. The third kappa shape index (κ3) is 3.37. The number of fused-ring (bicyclic) bond motifs is 4. The maximum absolute atomic E-state index is 6.10. The number of para-hydroxylation sites is 1. The monoisotopic (exact) mass is 448 g/mol. The molecule has 7 aromatic rings. The van der Waals surface area contributed by atoms with Crippen LogP contribution < -0.4 is 0 Å². The van der Waals surface area contributed by atoms with Gasteiger partial charge in [0.2, 0.25) is 0 Å². The van der Waals surface area contributed by atoms with Crippen LogP contribution in [0, 0.1) is 0 Å². The van der Waals surface area contributed by atoms with Crippen LogP contribution in [0.2, 0.25) is 0 Å². The van der Waals surface area contributed by atoms with E-state index >= 15 is 0 Å². The van der Waals surface area contributed by atoms with Gasteiger partial charge in [-0.15, -0.1) is 0 Å². The molecule has 0 radical (unpaired) electrons. The highest BCUT2D eigenvalue weighted by Gasteiger charge is 2.13. The first-order chi connectivity index (χ1) is 17.3. The Labute approximate surface area is 202 Å². The van der Waals surface area contributed by atoms with Gasteiger partial charge in [0.25, 0.3) is 0 Å². The van der Waals surface area contributed by atoms with E-state index in [-0.39, 0.29) is 0 Å². The highest BCUT2D eigenvalue weighted by molar-refractivity contribution is 6.05. The topological polar surface area (TPSA) is 38.9 Å². The van der Waals surface area contributed by atoms with E-state index < -0.39 is 0 Å². The summed E-state index contributed by atoms with van der Waals surface area (Å²) in [6.07, 6.45) is 1.85. The highest BCUT2D eigenvalue weighted by Crippen LogP contribution is 2.36. The van der Waals surface area contributed by atoms with E-state index in [1.807, 2.05) is 36.5 Å². The van der Waals surface area contributed by atoms with Gasteiger partial charge in [0, 0.05) is 16.3 Å².